The summed E-state index contributed by atoms with van der Waals surface area (Å²) in [5.41, 5.74) is -0.761. The van der Waals surface area contributed by atoms with E-state index in [4.69, 9.17) is 4.74 Å². The van der Waals surface area contributed by atoms with Gasteiger partial charge in [-0.15, -0.1) is 0 Å². The van der Waals surface area contributed by atoms with Gasteiger partial charge in [-0.3, -0.25) is 4.79 Å². The molecule has 1 amide bonds. The van der Waals surface area contributed by atoms with E-state index in [9.17, 15) is 14.7 Å². The molecule has 0 spiro atoms. The maximum absolute atomic E-state index is 12.3. The smallest absolute Gasteiger partial charge is 0.331 e. The van der Waals surface area contributed by atoms with Gasteiger partial charge < -0.3 is 15.2 Å². The highest BCUT2D eigenvalue weighted by Crippen LogP contribution is 2.20. The Labute approximate surface area is 113 Å². The lowest BCUT2D eigenvalue weighted by Gasteiger charge is -2.23. The van der Waals surface area contributed by atoms with E-state index in [2.05, 4.69) is 15.4 Å². The zero-order chi connectivity index (χ0) is 14.2. The quantitative estimate of drug-likeness (QED) is 0.797. The van der Waals surface area contributed by atoms with E-state index in [1.807, 2.05) is 0 Å². The first-order valence-electron chi connectivity index (χ1n) is 6.04. The third-order valence-corrected chi connectivity index (χ3v) is 3.31. The van der Waals surface area contributed by atoms with Gasteiger partial charge in [-0.1, -0.05) is 0 Å². The minimum absolute atomic E-state index is 0.0410. The van der Waals surface area contributed by atoms with Gasteiger partial charge in [0.2, 0.25) is 0 Å². The van der Waals surface area contributed by atoms with Crippen LogP contribution in [0.15, 0.2) is 24.7 Å². The maximum atomic E-state index is 12.3. The second-order valence-electron chi connectivity index (χ2n) is 4.59. The summed E-state index contributed by atoms with van der Waals surface area (Å²) in [5, 5.41) is 15.8. The fraction of sp³-hybridized carbons (Fsp3) is 0.333. The van der Waals surface area contributed by atoms with Gasteiger partial charge in [0.1, 0.15) is 5.56 Å². The topological polar surface area (TPSA) is 106 Å². The van der Waals surface area contributed by atoms with Crippen LogP contribution in [0.25, 0.3) is 5.65 Å². The average Bonchev–Trinajstić information content (AvgIpc) is 3.05. The number of ether oxygens (including phenoxy) is 1. The molecule has 0 bridgehead atoms. The van der Waals surface area contributed by atoms with Gasteiger partial charge in [-0.05, 0) is 6.07 Å². The first-order chi connectivity index (χ1) is 9.62. The summed E-state index contributed by atoms with van der Waals surface area (Å²) < 4.78 is 6.55. The normalized spacial score (nSPS) is 22.0. The minimum Gasteiger partial charge on any atom is -0.479 e. The lowest BCUT2D eigenvalue weighted by atomic mass is 9.98. The molecule has 1 unspecified atom stereocenters. The zero-order valence-electron chi connectivity index (χ0n) is 10.4. The lowest BCUT2D eigenvalue weighted by Crippen LogP contribution is -2.55. The molecule has 8 nitrogen and oxygen atoms in total. The van der Waals surface area contributed by atoms with Crippen molar-refractivity contribution in [3.63, 3.8) is 0 Å². The first kappa shape index (κ1) is 12.5. The van der Waals surface area contributed by atoms with Gasteiger partial charge in [0.25, 0.3) is 5.91 Å². The highest BCUT2D eigenvalue weighted by molar-refractivity contribution is 6.02. The Kier molecular flexibility index (Phi) is 2.87. The third kappa shape index (κ3) is 1.90. The number of hydrogen-bond donors (Lipinski definition) is 2. The van der Waals surface area contributed by atoms with Crippen LogP contribution in [0.5, 0.6) is 0 Å². The van der Waals surface area contributed by atoms with Crippen LogP contribution in [0.1, 0.15) is 16.8 Å². The molecule has 0 aromatic carbocycles. The van der Waals surface area contributed by atoms with Crippen molar-refractivity contribution in [2.45, 2.75) is 12.0 Å². The first-order valence-corrected chi connectivity index (χ1v) is 6.04. The fourth-order valence-corrected chi connectivity index (χ4v) is 2.16. The molecule has 1 saturated heterocycles. The van der Waals surface area contributed by atoms with Crippen LogP contribution >= 0.6 is 0 Å². The standard InChI is InChI=1S/C12H12N4O4/c17-10(15-12(11(18)19)2-5-20-7-12)8-6-14-16-4-1-3-13-9(8)16/h1,3-4,6H,2,5,7H2,(H,15,17)(H,18,19). The van der Waals surface area contributed by atoms with Crippen molar-refractivity contribution in [3.05, 3.63) is 30.2 Å². The number of fused-ring (bicyclic) bond motifs is 1. The van der Waals surface area contributed by atoms with E-state index in [0.29, 0.717) is 12.3 Å². The van der Waals surface area contributed by atoms with Crippen molar-refractivity contribution in [3.8, 4) is 0 Å². The summed E-state index contributed by atoms with van der Waals surface area (Å²) in [6.07, 6.45) is 4.80. The largest absolute Gasteiger partial charge is 0.479 e. The van der Waals surface area contributed by atoms with Crippen LogP contribution in [0.3, 0.4) is 0 Å². The molecule has 0 aliphatic carbocycles. The Hall–Kier alpha value is -2.48. The zero-order valence-corrected chi connectivity index (χ0v) is 10.4. The molecule has 2 aromatic heterocycles. The molecule has 3 rings (SSSR count). The van der Waals surface area contributed by atoms with Crippen molar-refractivity contribution < 1.29 is 19.4 Å². The molecule has 8 heteroatoms. The highest BCUT2D eigenvalue weighted by atomic mass is 16.5. The van der Waals surface area contributed by atoms with Gasteiger partial charge in [0.15, 0.2) is 11.2 Å². The van der Waals surface area contributed by atoms with E-state index < -0.39 is 17.4 Å². The number of carboxylic acids is 1. The van der Waals surface area contributed by atoms with Crippen LogP contribution in [-0.4, -0.2) is 50.3 Å². The summed E-state index contributed by atoms with van der Waals surface area (Å²) in [5.74, 6) is -1.63. The van der Waals surface area contributed by atoms with Gasteiger partial charge in [-0.2, -0.15) is 5.10 Å². The number of hydrogen-bond acceptors (Lipinski definition) is 5. The fourth-order valence-electron chi connectivity index (χ4n) is 2.16. The number of carboxylic acid groups (broad SMARTS) is 1. The summed E-state index contributed by atoms with van der Waals surface area (Å²) in [4.78, 5) is 27.7. The van der Waals surface area contributed by atoms with Crippen molar-refractivity contribution in [1.82, 2.24) is 19.9 Å². The molecule has 3 heterocycles. The molecule has 1 atom stereocenters. The SMILES string of the molecule is O=C(NC1(C(=O)O)CCOC1)c1cnn2cccnc12. The summed E-state index contributed by atoms with van der Waals surface area (Å²) in [7, 11) is 0. The number of carbonyl (C=O) groups is 2. The van der Waals surface area contributed by atoms with Crippen LogP contribution in [0, 0.1) is 0 Å². The highest BCUT2D eigenvalue weighted by Gasteiger charge is 2.44. The maximum Gasteiger partial charge on any atom is 0.331 e. The number of aromatic nitrogens is 3. The Morgan fingerprint density at radius 1 is 1.50 bits per heavy atom. The lowest BCUT2D eigenvalue weighted by molar-refractivity contribution is -0.144. The van der Waals surface area contributed by atoms with E-state index in [-0.39, 0.29) is 18.6 Å². The van der Waals surface area contributed by atoms with Crippen molar-refractivity contribution >= 4 is 17.5 Å². The number of aliphatic carboxylic acids is 1. The van der Waals surface area contributed by atoms with Crippen molar-refractivity contribution in [1.29, 1.82) is 0 Å². The molecule has 104 valence electrons. The summed E-state index contributed by atoms with van der Waals surface area (Å²) in [6.45, 7) is 0.264. The van der Waals surface area contributed by atoms with Crippen molar-refractivity contribution in [2.75, 3.05) is 13.2 Å². The number of rotatable bonds is 3. The van der Waals surface area contributed by atoms with Crippen LogP contribution in [0.2, 0.25) is 0 Å². The number of nitrogens with one attached hydrogen (secondary N) is 1. The van der Waals surface area contributed by atoms with Gasteiger partial charge in [0.05, 0.1) is 12.8 Å². The third-order valence-electron chi connectivity index (χ3n) is 3.31. The molecular weight excluding hydrogens is 264 g/mol. The van der Waals surface area contributed by atoms with Crippen LogP contribution < -0.4 is 5.32 Å². The molecule has 0 saturated carbocycles. The molecular formula is C12H12N4O4. The van der Waals surface area contributed by atoms with Crippen molar-refractivity contribution in [2.24, 2.45) is 0 Å². The Morgan fingerprint density at radius 2 is 2.35 bits per heavy atom. The summed E-state index contributed by atoms with van der Waals surface area (Å²) in [6, 6.07) is 1.69. The Balaban J connectivity index is 1.91. The van der Waals surface area contributed by atoms with E-state index >= 15 is 0 Å². The second kappa shape index (κ2) is 4.57. The number of carbonyl (C=O) groups excluding carboxylic acids is 1. The second-order valence-corrected chi connectivity index (χ2v) is 4.59. The van der Waals surface area contributed by atoms with E-state index in [1.54, 1.807) is 18.5 Å². The van der Waals surface area contributed by atoms with E-state index in [0.717, 1.165) is 0 Å². The molecule has 1 aliphatic heterocycles. The van der Waals surface area contributed by atoms with Gasteiger partial charge in [-0.25, -0.2) is 14.3 Å². The average molecular weight is 276 g/mol. The number of amides is 1. The molecule has 1 aliphatic rings. The molecule has 0 radical (unpaired) electrons. The molecule has 2 N–H and O–H groups in total. The Morgan fingerprint density at radius 3 is 3.05 bits per heavy atom. The predicted octanol–water partition coefficient (Wildman–Crippen LogP) is -0.297. The van der Waals surface area contributed by atoms with Gasteiger partial charge in [0, 0.05) is 25.4 Å². The Bertz CT molecular complexity index is 675. The van der Waals surface area contributed by atoms with E-state index in [1.165, 1.54) is 10.7 Å². The minimum atomic E-state index is -1.37. The molecule has 2 aromatic rings. The van der Waals surface area contributed by atoms with Crippen LogP contribution in [-0.2, 0) is 9.53 Å². The molecule has 20 heavy (non-hydrogen) atoms. The van der Waals surface area contributed by atoms with Crippen LogP contribution in [0.4, 0.5) is 0 Å². The monoisotopic (exact) mass is 276 g/mol. The van der Waals surface area contributed by atoms with Gasteiger partial charge >= 0.3 is 5.97 Å². The number of nitrogens with zero attached hydrogens (tertiary/aromatic N) is 3. The summed E-state index contributed by atoms with van der Waals surface area (Å²) >= 11 is 0. The predicted molar refractivity (Wildman–Crippen MR) is 66.3 cm³/mol. The molecule has 1 fully saturated rings.